The average Bonchev–Trinajstić information content (AvgIpc) is 2.20. The Morgan fingerprint density at radius 1 is 0.469 bits per heavy atom. The molecule has 0 heterocycles. The van der Waals surface area contributed by atoms with Gasteiger partial charge in [0.05, 0.1) is 0 Å². The molecular weight excluding hydrogens is 572 g/mol. The van der Waals surface area contributed by atoms with Gasteiger partial charge in [0.25, 0.3) is 35.8 Å². The van der Waals surface area contributed by atoms with Crippen LogP contribution in [-0.2, 0) is 83.9 Å². The van der Waals surface area contributed by atoms with E-state index in [4.69, 9.17) is 69.3 Å². The number of hydrogen-bond acceptors (Lipinski definition) is 8. The van der Waals surface area contributed by atoms with Crippen molar-refractivity contribution in [2.24, 2.45) is 0 Å². The van der Waals surface area contributed by atoms with Gasteiger partial charge in [-0.1, -0.05) is 0 Å². The maximum atomic E-state index is 9.00. The van der Waals surface area contributed by atoms with Crippen LogP contribution in [0.5, 0.6) is 0 Å². The molecule has 0 rings (SSSR count). The van der Waals surface area contributed by atoms with Gasteiger partial charge in [-0.3, -0.25) is 28.8 Å². The molecule has 0 aromatic heterocycles. The summed E-state index contributed by atoms with van der Waals surface area (Å²) in [6.45, 7) is 7.47. The van der Waals surface area contributed by atoms with E-state index in [2.05, 4.69) is 0 Å². The molecule has 6 N–H and O–H groups in total. The standard InChI is InChI=1S/7C2H4O2.Co.Li.Mn.Ni/c7*1-2(3)4;;;;/h7*1H3,(H,3,4);;;;/q;;;;;;;;+1;;/p-1. The first kappa shape index (κ1) is 69.8. The predicted molar refractivity (Wildman–Crippen MR) is 90.5 cm³/mol. The van der Waals surface area contributed by atoms with Gasteiger partial charge in [-0.05, 0) is 6.92 Å². The second-order valence-corrected chi connectivity index (χ2v) is 3.61. The summed E-state index contributed by atoms with van der Waals surface area (Å²) < 4.78 is 0. The van der Waals surface area contributed by atoms with Crippen molar-refractivity contribution in [1.29, 1.82) is 0 Å². The van der Waals surface area contributed by atoms with Crippen molar-refractivity contribution < 1.29 is 139 Å². The van der Waals surface area contributed by atoms with Gasteiger partial charge in [0.1, 0.15) is 0 Å². The van der Waals surface area contributed by atoms with Crippen LogP contribution in [0, 0.1) is 0 Å². The van der Waals surface area contributed by atoms with Crippen LogP contribution in [0.1, 0.15) is 48.5 Å². The van der Waals surface area contributed by atoms with Crippen molar-refractivity contribution in [2.75, 3.05) is 0 Å². The van der Waals surface area contributed by atoms with Crippen LogP contribution in [0.25, 0.3) is 0 Å². The first-order chi connectivity index (χ1) is 12.1. The summed E-state index contributed by atoms with van der Waals surface area (Å²) in [6.07, 6.45) is 0. The molecule has 0 saturated carbocycles. The predicted octanol–water partition coefficient (Wildman–Crippen LogP) is -3.70. The second-order valence-electron chi connectivity index (χ2n) is 3.61. The van der Waals surface area contributed by atoms with E-state index in [0.29, 0.717) is 0 Å². The van der Waals surface area contributed by atoms with E-state index in [1.54, 1.807) is 0 Å². The molecule has 14 nitrogen and oxygen atoms in total. The van der Waals surface area contributed by atoms with Gasteiger partial charge in [-0.25, -0.2) is 0 Å². The van der Waals surface area contributed by atoms with Gasteiger partial charge in [0, 0.05) is 97.9 Å². The van der Waals surface area contributed by atoms with E-state index in [9.17, 15) is 0 Å². The van der Waals surface area contributed by atoms with Crippen LogP contribution < -0.4 is 24.0 Å². The molecule has 0 unspecified atom stereocenters. The zero-order chi connectivity index (χ0) is 25.0. The molecule has 0 aliphatic rings. The molecule has 194 valence electrons. The number of carboxylic acid groups (broad SMARTS) is 7. The molecule has 0 bridgehead atoms. The fraction of sp³-hybridized carbons (Fsp3) is 0.500. The minimum absolute atomic E-state index is 0. The Morgan fingerprint density at radius 3 is 0.469 bits per heavy atom. The van der Waals surface area contributed by atoms with Gasteiger partial charge in [0.15, 0.2) is 0 Å². The molecule has 0 saturated heterocycles. The van der Waals surface area contributed by atoms with Crippen LogP contribution in [0.4, 0.5) is 0 Å². The van der Waals surface area contributed by atoms with Gasteiger partial charge in [-0.15, -0.1) is 0 Å². The normalized spacial score (nSPS) is 5.47. The summed E-state index contributed by atoms with van der Waals surface area (Å²) in [5.74, 6) is -6.08. The van der Waals surface area contributed by atoms with Gasteiger partial charge < -0.3 is 40.5 Å². The third-order valence-corrected chi connectivity index (χ3v) is 0. The summed E-state index contributed by atoms with van der Waals surface area (Å²) in [5, 5.41) is 53.4. The SMILES string of the molecule is CC(=O)O.CC(=O)O.CC(=O)O.CC(=O)O.CC(=O)O.CC(=O)O.CC(=O)[O-].[Co].[Li+].[Mn].[Ni]. The summed E-state index contributed by atoms with van der Waals surface area (Å²) in [5.41, 5.74) is 0. The van der Waals surface area contributed by atoms with E-state index in [1.165, 1.54) is 0 Å². The monoisotopic (exact) mass is 598 g/mol. The van der Waals surface area contributed by atoms with E-state index in [0.717, 1.165) is 48.5 Å². The molecule has 0 aromatic rings. The molecule has 2 radical (unpaired) electrons. The maximum absolute atomic E-state index is 9.00. The number of carbonyl (C=O) groups is 7. The number of carboxylic acids is 7. The van der Waals surface area contributed by atoms with Crippen molar-refractivity contribution in [3.8, 4) is 0 Å². The topological polar surface area (TPSA) is 264 Å². The van der Waals surface area contributed by atoms with Crippen LogP contribution in [0.3, 0.4) is 0 Å². The van der Waals surface area contributed by atoms with Crippen molar-refractivity contribution in [3.63, 3.8) is 0 Å². The van der Waals surface area contributed by atoms with E-state index in [1.807, 2.05) is 0 Å². The first-order valence-corrected chi connectivity index (χ1v) is 6.47. The van der Waals surface area contributed by atoms with E-state index < -0.39 is 41.8 Å². The molecule has 0 aliphatic heterocycles. The Kier molecular flexibility index (Phi) is 137. The molecule has 0 spiro atoms. The zero-order valence-corrected chi connectivity index (χ0v) is 21.7. The number of hydrogen-bond donors (Lipinski definition) is 6. The zero-order valence-electron chi connectivity index (χ0n) is 18.5. The average molecular weight is 599 g/mol. The quantitative estimate of drug-likeness (QED) is 0.147. The third-order valence-electron chi connectivity index (χ3n) is 0. The minimum atomic E-state index is -1.08. The Bertz CT molecular complexity index is 332. The summed E-state index contributed by atoms with van der Waals surface area (Å²) in [7, 11) is 0. The summed E-state index contributed by atoms with van der Waals surface area (Å²) in [4.78, 5) is 62.9. The Morgan fingerprint density at radius 2 is 0.469 bits per heavy atom. The number of aliphatic carboxylic acids is 7. The van der Waals surface area contributed by atoms with Crippen LogP contribution in [0.2, 0.25) is 0 Å². The summed E-state index contributed by atoms with van der Waals surface area (Å²) in [6, 6.07) is 0. The van der Waals surface area contributed by atoms with E-state index in [-0.39, 0.29) is 69.2 Å². The third kappa shape index (κ3) is 8410. The number of carbonyl (C=O) groups excluding carboxylic acids is 1. The Labute approximate surface area is 227 Å². The molecule has 0 atom stereocenters. The Hall–Kier alpha value is -1.59. The fourth-order valence-corrected chi connectivity index (χ4v) is 0. The molecule has 0 amide bonds. The fourth-order valence-electron chi connectivity index (χ4n) is 0. The van der Waals surface area contributed by atoms with Crippen molar-refractivity contribution >= 4 is 41.8 Å². The molecule has 0 fully saturated rings. The first-order valence-electron chi connectivity index (χ1n) is 6.47. The van der Waals surface area contributed by atoms with Gasteiger partial charge in [-0.2, -0.15) is 0 Å². The van der Waals surface area contributed by atoms with Crippen molar-refractivity contribution in [1.82, 2.24) is 0 Å². The van der Waals surface area contributed by atoms with E-state index >= 15 is 0 Å². The molecule has 0 aromatic carbocycles. The van der Waals surface area contributed by atoms with Crippen molar-refractivity contribution in [2.45, 2.75) is 48.5 Å². The Balaban J connectivity index is -0.0000000175. The van der Waals surface area contributed by atoms with Crippen molar-refractivity contribution in [3.05, 3.63) is 0 Å². The maximum Gasteiger partial charge on any atom is 1.00 e. The second kappa shape index (κ2) is 63.0. The smallest absolute Gasteiger partial charge is 0.550 e. The molecular formula is C14H27CoLiMnNiO14. The van der Waals surface area contributed by atoms with Crippen LogP contribution >= 0.6 is 0 Å². The van der Waals surface area contributed by atoms with Crippen LogP contribution in [-0.4, -0.2) is 72.4 Å². The number of rotatable bonds is 0. The van der Waals surface area contributed by atoms with Crippen LogP contribution in [0.15, 0.2) is 0 Å². The molecule has 0 aliphatic carbocycles. The minimum Gasteiger partial charge on any atom is -0.550 e. The van der Waals surface area contributed by atoms with Gasteiger partial charge >= 0.3 is 18.9 Å². The largest absolute Gasteiger partial charge is 1.00 e. The molecule has 18 heteroatoms. The molecule has 32 heavy (non-hydrogen) atoms. The summed E-state index contributed by atoms with van der Waals surface area (Å²) >= 11 is 0. The van der Waals surface area contributed by atoms with Gasteiger partial charge in [0.2, 0.25) is 0 Å².